The maximum absolute atomic E-state index is 12.5. The van der Waals surface area contributed by atoms with E-state index in [0.717, 1.165) is 0 Å². The smallest absolute Gasteiger partial charge is 0.387 e. The van der Waals surface area contributed by atoms with Crippen LogP contribution in [0.4, 0.5) is 17.6 Å². The lowest BCUT2D eigenvalue weighted by Crippen LogP contribution is -2.19. The zero-order valence-electron chi connectivity index (χ0n) is 8.18. The Balaban J connectivity index is 3.16. The summed E-state index contributed by atoms with van der Waals surface area (Å²) in [5.74, 6) is -0.666. The lowest BCUT2D eigenvalue weighted by Gasteiger charge is -2.12. The predicted molar refractivity (Wildman–Crippen MR) is 57.8 cm³/mol. The van der Waals surface area contributed by atoms with Gasteiger partial charge in [-0.1, -0.05) is 0 Å². The molecule has 92 valence electrons. The second kappa shape index (κ2) is 5.48. The summed E-state index contributed by atoms with van der Waals surface area (Å²) in [6, 6.07) is 2.88. The highest BCUT2D eigenvalue weighted by molar-refractivity contribution is 14.1. The molecule has 0 radical (unpaired) electrons. The van der Waals surface area contributed by atoms with Crippen molar-refractivity contribution in [3.63, 3.8) is 0 Å². The maximum Gasteiger partial charge on any atom is 0.574 e. The Morgan fingerprint density at radius 2 is 2.12 bits per heavy atom. The highest BCUT2D eigenvalue weighted by Crippen LogP contribution is 2.28. The molecule has 0 bridgehead atoms. The van der Waals surface area contributed by atoms with Gasteiger partial charge in [0.2, 0.25) is 5.88 Å². The standard InChI is InChI=1S/C9H5F4IN2O/c10-4-5-3-6(14)8(17-9(11,12)13)16-7(5)1-2-15/h3H,1,4H2. The third kappa shape index (κ3) is 3.99. The molecule has 0 aliphatic rings. The summed E-state index contributed by atoms with van der Waals surface area (Å²) in [6.45, 7) is -0.897. The second-order valence-corrected chi connectivity index (χ2v) is 4.06. The molecule has 0 saturated carbocycles. The van der Waals surface area contributed by atoms with Crippen molar-refractivity contribution < 1.29 is 22.3 Å². The maximum atomic E-state index is 12.5. The number of pyridine rings is 1. The fourth-order valence-corrected chi connectivity index (χ4v) is 1.68. The van der Waals surface area contributed by atoms with E-state index < -0.39 is 18.9 Å². The molecule has 8 heteroatoms. The van der Waals surface area contributed by atoms with E-state index in [4.69, 9.17) is 5.26 Å². The van der Waals surface area contributed by atoms with Crippen molar-refractivity contribution in [2.75, 3.05) is 0 Å². The summed E-state index contributed by atoms with van der Waals surface area (Å²) in [7, 11) is 0. The average molecular weight is 360 g/mol. The molecule has 1 aromatic rings. The molecule has 0 N–H and O–H groups in total. The van der Waals surface area contributed by atoms with Gasteiger partial charge < -0.3 is 4.74 Å². The lowest BCUT2D eigenvalue weighted by molar-refractivity contribution is -0.276. The fraction of sp³-hybridized carbons (Fsp3) is 0.333. The van der Waals surface area contributed by atoms with Gasteiger partial charge in [0, 0.05) is 5.56 Å². The number of halogens is 5. The summed E-state index contributed by atoms with van der Waals surface area (Å²) in [4.78, 5) is 3.51. The van der Waals surface area contributed by atoms with Crippen LogP contribution >= 0.6 is 22.6 Å². The van der Waals surface area contributed by atoms with Crippen molar-refractivity contribution >= 4 is 22.6 Å². The van der Waals surface area contributed by atoms with Gasteiger partial charge >= 0.3 is 6.36 Å². The number of hydrogen-bond acceptors (Lipinski definition) is 3. The summed E-state index contributed by atoms with van der Waals surface area (Å²) < 4.78 is 52.3. The summed E-state index contributed by atoms with van der Waals surface area (Å²) >= 11 is 1.56. The Kier molecular flexibility index (Phi) is 4.50. The van der Waals surface area contributed by atoms with Crippen LogP contribution in [0.2, 0.25) is 0 Å². The molecule has 0 fully saturated rings. The Morgan fingerprint density at radius 3 is 2.59 bits per heavy atom. The van der Waals surface area contributed by atoms with Crippen molar-refractivity contribution in [1.82, 2.24) is 4.98 Å². The van der Waals surface area contributed by atoms with Gasteiger partial charge in [-0.15, -0.1) is 13.2 Å². The number of ether oxygens (including phenoxy) is 1. The third-order valence-electron chi connectivity index (χ3n) is 1.72. The molecule has 0 unspecified atom stereocenters. The molecule has 1 rings (SSSR count). The molecule has 1 heterocycles. The molecule has 1 aromatic heterocycles. The van der Waals surface area contributed by atoms with E-state index >= 15 is 0 Å². The average Bonchev–Trinajstić information content (AvgIpc) is 2.21. The van der Waals surface area contributed by atoms with E-state index in [9.17, 15) is 17.6 Å². The van der Waals surface area contributed by atoms with Gasteiger partial charge in [-0.3, -0.25) is 0 Å². The van der Waals surface area contributed by atoms with Crippen LogP contribution in [-0.4, -0.2) is 11.3 Å². The number of aromatic nitrogens is 1. The topological polar surface area (TPSA) is 45.9 Å². The molecule has 17 heavy (non-hydrogen) atoms. The van der Waals surface area contributed by atoms with Gasteiger partial charge in [0.25, 0.3) is 0 Å². The Hall–Kier alpha value is -1.11. The molecule has 0 amide bonds. The zero-order valence-corrected chi connectivity index (χ0v) is 10.3. The Labute approximate surface area is 108 Å². The minimum atomic E-state index is -4.87. The lowest BCUT2D eigenvalue weighted by atomic mass is 10.2. The number of nitriles is 1. The number of nitrogens with zero attached hydrogens (tertiary/aromatic N) is 2. The van der Waals surface area contributed by atoms with Crippen LogP contribution in [0.1, 0.15) is 11.3 Å². The number of hydrogen-bond donors (Lipinski definition) is 0. The van der Waals surface area contributed by atoms with Gasteiger partial charge in [0.1, 0.15) is 6.67 Å². The first kappa shape index (κ1) is 14.0. The molecular formula is C9H5F4IN2O. The first-order valence-corrected chi connectivity index (χ1v) is 5.32. The van der Waals surface area contributed by atoms with Crippen molar-refractivity contribution in [2.45, 2.75) is 19.5 Å². The van der Waals surface area contributed by atoms with Gasteiger partial charge in [0.05, 0.1) is 21.8 Å². The molecule has 0 saturated heterocycles. The zero-order chi connectivity index (χ0) is 13.1. The van der Waals surface area contributed by atoms with Gasteiger partial charge in [0.15, 0.2) is 0 Å². The van der Waals surface area contributed by atoms with Crippen LogP contribution in [0.3, 0.4) is 0 Å². The van der Waals surface area contributed by atoms with Crippen LogP contribution < -0.4 is 4.74 Å². The molecule has 0 aromatic carbocycles. The molecule has 0 spiro atoms. The normalized spacial score (nSPS) is 11.1. The van der Waals surface area contributed by atoms with E-state index in [1.54, 1.807) is 28.7 Å². The summed E-state index contributed by atoms with van der Waals surface area (Å²) in [5, 5.41) is 8.46. The molecule has 0 atom stereocenters. The van der Waals surface area contributed by atoms with Gasteiger partial charge in [-0.25, -0.2) is 9.37 Å². The second-order valence-electron chi connectivity index (χ2n) is 2.90. The van der Waals surface area contributed by atoms with Crippen LogP contribution in [0.5, 0.6) is 5.88 Å². The quantitative estimate of drug-likeness (QED) is 0.615. The van der Waals surface area contributed by atoms with Gasteiger partial charge in [-0.2, -0.15) is 5.26 Å². The van der Waals surface area contributed by atoms with Crippen LogP contribution in [-0.2, 0) is 13.1 Å². The first-order chi connectivity index (χ1) is 7.87. The Morgan fingerprint density at radius 1 is 1.47 bits per heavy atom. The van der Waals surface area contributed by atoms with E-state index in [2.05, 4.69) is 9.72 Å². The van der Waals surface area contributed by atoms with Crippen molar-refractivity contribution in [3.05, 3.63) is 20.9 Å². The number of rotatable bonds is 3. The van der Waals surface area contributed by atoms with Crippen molar-refractivity contribution in [2.24, 2.45) is 0 Å². The first-order valence-electron chi connectivity index (χ1n) is 4.24. The monoisotopic (exact) mass is 360 g/mol. The van der Waals surface area contributed by atoms with Crippen LogP contribution in [0.25, 0.3) is 0 Å². The third-order valence-corrected chi connectivity index (χ3v) is 2.49. The largest absolute Gasteiger partial charge is 0.574 e. The Bertz CT molecular complexity index is 456. The van der Waals surface area contributed by atoms with E-state index in [1.807, 2.05) is 0 Å². The van der Waals surface area contributed by atoms with E-state index in [0.29, 0.717) is 0 Å². The van der Waals surface area contributed by atoms with E-state index in [-0.39, 0.29) is 21.2 Å². The highest BCUT2D eigenvalue weighted by atomic mass is 127. The summed E-state index contributed by atoms with van der Waals surface area (Å²) in [5.41, 5.74) is 0.0418. The van der Waals surface area contributed by atoms with Crippen LogP contribution in [0.15, 0.2) is 6.07 Å². The van der Waals surface area contributed by atoms with Crippen molar-refractivity contribution in [1.29, 1.82) is 5.26 Å². The molecular weight excluding hydrogens is 355 g/mol. The minimum Gasteiger partial charge on any atom is -0.387 e. The fourth-order valence-electron chi connectivity index (χ4n) is 1.07. The highest BCUT2D eigenvalue weighted by Gasteiger charge is 2.33. The predicted octanol–water partition coefficient (Wildman–Crippen LogP) is 3.12. The summed E-state index contributed by atoms with van der Waals surface area (Å²) in [6.07, 6.45) is -5.14. The number of alkyl halides is 4. The van der Waals surface area contributed by atoms with E-state index in [1.165, 1.54) is 6.07 Å². The SMILES string of the molecule is N#CCc1nc(OC(F)(F)F)c(I)cc1CF. The van der Waals surface area contributed by atoms with Gasteiger partial charge in [-0.05, 0) is 28.7 Å². The van der Waals surface area contributed by atoms with Crippen molar-refractivity contribution in [3.8, 4) is 11.9 Å². The van der Waals surface area contributed by atoms with Crippen LogP contribution in [0, 0.1) is 14.9 Å². The molecule has 0 aliphatic heterocycles. The molecule has 0 aliphatic carbocycles. The minimum absolute atomic E-state index is 0.0364. The molecule has 3 nitrogen and oxygen atoms in total.